The van der Waals surface area contributed by atoms with E-state index in [4.69, 9.17) is 0 Å². The number of allylic oxidation sites excluding steroid dienone is 1. The van der Waals surface area contributed by atoms with Gasteiger partial charge in [-0.3, -0.25) is 0 Å². The van der Waals surface area contributed by atoms with Crippen LogP contribution in [0.3, 0.4) is 0 Å². The summed E-state index contributed by atoms with van der Waals surface area (Å²) in [6, 6.07) is 9.59. The van der Waals surface area contributed by atoms with E-state index in [-0.39, 0.29) is 0 Å². The summed E-state index contributed by atoms with van der Waals surface area (Å²) in [7, 11) is 0. The molecule has 0 saturated heterocycles. The predicted molar refractivity (Wildman–Crippen MR) is 46.2 cm³/mol. The largest absolute Gasteiger partial charge is 0.384 e. The summed E-state index contributed by atoms with van der Waals surface area (Å²) in [5.74, 6) is 0. The fraction of sp³-hybridized carbons (Fsp3) is 0.200. The Kier molecular flexibility index (Phi) is 2.87. The molecular formula is C10H12O. The minimum atomic E-state index is -0.457. The van der Waals surface area contributed by atoms with Crippen molar-refractivity contribution in [1.82, 2.24) is 0 Å². The molecule has 0 spiro atoms. The molecule has 1 aromatic rings. The number of hydrogen-bond acceptors (Lipinski definition) is 1. The lowest BCUT2D eigenvalue weighted by atomic mass is 10.1. The van der Waals surface area contributed by atoms with E-state index >= 15 is 0 Å². The van der Waals surface area contributed by atoms with Gasteiger partial charge in [0.1, 0.15) is 0 Å². The first-order chi connectivity index (χ1) is 5.34. The molecule has 0 radical (unpaired) electrons. The van der Waals surface area contributed by atoms with Crippen LogP contribution in [0.2, 0.25) is 0 Å². The monoisotopic (exact) mass is 148 g/mol. The summed E-state index contributed by atoms with van der Waals surface area (Å²) in [5, 5.41) is 9.43. The highest BCUT2D eigenvalue weighted by molar-refractivity contribution is 5.20. The normalized spacial score (nSPS) is 13.6. The van der Waals surface area contributed by atoms with Gasteiger partial charge >= 0.3 is 0 Å². The smallest absolute Gasteiger partial charge is 0.0971 e. The van der Waals surface area contributed by atoms with Crippen LogP contribution in [0.25, 0.3) is 0 Å². The Balaban J connectivity index is 2.76. The highest BCUT2D eigenvalue weighted by atomic mass is 16.3. The Hall–Kier alpha value is -1.08. The van der Waals surface area contributed by atoms with E-state index in [1.54, 1.807) is 6.08 Å². The van der Waals surface area contributed by atoms with Crippen molar-refractivity contribution in [3.05, 3.63) is 48.0 Å². The van der Waals surface area contributed by atoms with E-state index in [0.717, 1.165) is 5.56 Å². The van der Waals surface area contributed by atoms with Crippen molar-refractivity contribution < 1.29 is 5.11 Å². The molecule has 1 heteroatoms. The standard InChI is InChI=1S/C10H12O/c1-2-6-10(11)9-7-4-3-5-8-9/h2-8,10-11H,1H3/b6-2+/t10-/m0/s1. The van der Waals surface area contributed by atoms with Crippen LogP contribution in [0.15, 0.2) is 42.5 Å². The highest BCUT2D eigenvalue weighted by Crippen LogP contribution is 2.12. The predicted octanol–water partition coefficient (Wildman–Crippen LogP) is 2.30. The summed E-state index contributed by atoms with van der Waals surface area (Å²) < 4.78 is 0. The Labute approximate surface area is 67.0 Å². The maximum atomic E-state index is 9.43. The summed E-state index contributed by atoms with van der Waals surface area (Å²) >= 11 is 0. The Morgan fingerprint density at radius 3 is 2.45 bits per heavy atom. The maximum absolute atomic E-state index is 9.43. The second kappa shape index (κ2) is 3.94. The number of rotatable bonds is 2. The first-order valence-corrected chi connectivity index (χ1v) is 3.70. The lowest BCUT2D eigenvalue weighted by molar-refractivity contribution is 0.228. The van der Waals surface area contributed by atoms with E-state index in [2.05, 4.69) is 0 Å². The van der Waals surface area contributed by atoms with Crippen molar-refractivity contribution in [2.45, 2.75) is 13.0 Å². The fourth-order valence-electron chi connectivity index (χ4n) is 0.944. The van der Waals surface area contributed by atoms with Gasteiger partial charge in [0.25, 0.3) is 0 Å². The van der Waals surface area contributed by atoms with Gasteiger partial charge in [-0.05, 0) is 12.5 Å². The van der Waals surface area contributed by atoms with Gasteiger partial charge in [-0.25, -0.2) is 0 Å². The van der Waals surface area contributed by atoms with Crippen molar-refractivity contribution >= 4 is 0 Å². The molecule has 0 aliphatic carbocycles. The van der Waals surface area contributed by atoms with Gasteiger partial charge in [0.15, 0.2) is 0 Å². The second-order valence-electron chi connectivity index (χ2n) is 2.38. The van der Waals surface area contributed by atoms with Crippen LogP contribution in [0.5, 0.6) is 0 Å². The second-order valence-corrected chi connectivity index (χ2v) is 2.38. The molecule has 0 heterocycles. The Morgan fingerprint density at radius 1 is 1.27 bits per heavy atom. The van der Waals surface area contributed by atoms with Crippen LogP contribution in [-0.2, 0) is 0 Å². The summed E-state index contributed by atoms with van der Waals surface area (Å²) in [5.41, 5.74) is 0.936. The molecule has 1 nitrogen and oxygen atoms in total. The molecule has 0 fully saturated rings. The Morgan fingerprint density at radius 2 is 1.91 bits per heavy atom. The molecule has 0 bridgehead atoms. The fourth-order valence-corrected chi connectivity index (χ4v) is 0.944. The van der Waals surface area contributed by atoms with Gasteiger partial charge in [-0.1, -0.05) is 42.5 Å². The van der Waals surface area contributed by atoms with E-state index in [1.165, 1.54) is 0 Å². The molecule has 0 aliphatic heterocycles. The summed E-state index contributed by atoms with van der Waals surface area (Å²) in [6.45, 7) is 1.90. The molecule has 0 unspecified atom stereocenters. The molecule has 58 valence electrons. The Bertz CT molecular complexity index is 226. The number of benzene rings is 1. The molecule has 1 N–H and O–H groups in total. The van der Waals surface area contributed by atoms with Crippen LogP contribution in [-0.4, -0.2) is 5.11 Å². The zero-order valence-corrected chi connectivity index (χ0v) is 6.57. The third-order valence-corrected chi connectivity index (χ3v) is 1.52. The van der Waals surface area contributed by atoms with Crippen LogP contribution in [0.4, 0.5) is 0 Å². The van der Waals surface area contributed by atoms with Gasteiger partial charge in [0.05, 0.1) is 6.10 Å². The van der Waals surface area contributed by atoms with E-state index in [9.17, 15) is 5.11 Å². The zero-order valence-electron chi connectivity index (χ0n) is 6.57. The lowest BCUT2D eigenvalue weighted by Gasteiger charge is -2.03. The van der Waals surface area contributed by atoms with Gasteiger partial charge in [0, 0.05) is 0 Å². The molecule has 1 atom stereocenters. The summed E-state index contributed by atoms with van der Waals surface area (Å²) in [6.07, 6.45) is 3.15. The molecule has 0 amide bonds. The molecular weight excluding hydrogens is 136 g/mol. The van der Waals surface area contributed by atoms with Gasteiger partial charge < -0.3 is 5.11 Å². The molecule has 0 aliphatic rings. The van der Waals surface area contributed by atoms with Crippen molar-refractivity contribution in [3.8, 4) is 0 Å². The average molecular weight is 148 g/mol. The average Bonchev–Trinajstić information content (AvgIpc) is 2.07. The summed E-state index contributed by atoms with van der Waals surface area (Å²) in [4.78, 5) is 0. The third kappa shape index (κ3) is 2.20. The van der Waals surface area contributed by atoms with Crippen LogP contribution in [0.1, 0.15) is 18.6 Å². The van der Waals surface area contributed by atoms with Crippen molar-refractivity contribution in [1.29, 1.82) is 0 Å². The van der Waals surface area contributed by atoms with Crippen molar-refractivity contribution in [3.63, 3.8) is 0 Å². The molecule has 0 saturated carbocycles. The van der Waals surface area contributed by atoms with Crippen molar-refractivity contribution in [2.75, 3.05) is 0 Å². The SMILES string of the molecule is C/C=C/[C@H](O)c1ccccc1. The van der Waals surface area contributed by atoms with E-state index in [0.29, 0.717) is 0 Å². The van der Waals surface area contributed by atoms with Crippen LogP contribution < -0.4 is 0 Å². The highest BCUT2D eigenvalue weighted by Gasteiger charge is 1.99. The van der Waals surface area contributed by atoms with E-state index in [1.807, 2.05) is 43.3 Å². The third-order valence-electron chi connectivity index (χ3n) is 1.52. The number of hydrogen-bond donors (Lipinski definition) is 1. The van der Waals surface area contributed by atoms with E-state index < -0.39 is 6.10 Å². The van der Waals surface area contributed by atoms with Crippen LogP contribution >= 0.6 is 0 Å². The zero-order chi connectivity index (χ0) is 8.10. The minimum Gasteiger partial charge on any atom is -0.384 e. The quantitative estimate of drug-likeness (QED) is 0.638. The van der Waals surface area contributed by atoms with Gasteiger partial charge in [-0.2, -0.15) is 0 Å². The van der Waals surface area contributed by atoms with Gasteiger partial charge in [0.2, 0.25) is 0 Å². The minimum absolute atomic E-state index is 0.457. The molecule has 0 aromatic heterocycles. The number of aliphatic hydroxyl groups is 1. The maximum Gasteiger partial charge on any atom is 0.0971 e. The first kappa shape index (κ1) is 8.02. The van der Waals surface area contributed by atoms with Crippen LogP contribution in [0, 0.1) is 0 Å². The first-order valence-electron chi connectivity index (χ1n) is 3.70. The number of aliphatic hydroxyl groups excluding tert-OH is 1. The van der Waals surface area contributed by atoms with Crippen molar-refractivity contribution in [2.24, 2.45) is 0 Å². The van der Waals surface area contributed by atoms with Gasteiger partial charge in [-0.15, -0.1) is 0 Å². The topological polar surface area (TPSA) is 20.2 Å². The molecule has 11 heavy (non-hydrogen) atoms. The molecule has 1 rings (SSSR count). The lowest BCUT2D eigenvalue weighted by Crippen LogP contribution is -1.90. The molecule has 1 aromatic carbocycles.